The molecule has 0 radical (unpaired) electrons. The zero-order valence-corrected chi connectivity index (χ0v) is 14.8. The minimum Gasteiger partial charge on any atom is -0.304 e. The van der Waals surface area contributed by atoms with Gasteiger partial charge in [0.25, 0.3) is 0 Å². The summed E-state index contributed by atoms with van der Waals surface area (Å²) in [5, 5.41) is 6.94. The van der Waals surface area contributed by atoms with Crippen molar-refractivity contribution in [2.24, 2.45) is 0 Å². The maximum Gasteiger partial charge on any atom is 0.107 e. The van der Waals surface area contributed by atoms with Crippen LogP contribution in [0.1, 0.15) is 59.8 Å². The van der Waals surface area contributed by atoms with Crippen LogP contribution in [-0.4, -0.2) is 4.98 Å². The first-order valence-electron chi connectivity index (χ1n) is 7.02. The van der Waals surface area contributed by atoms with E-state index in [2.05, 4.69) is 58.3 Å². The van der Waals surface area contributed by atoms with Crippen molar-refractivity contribution in [3.05, 3.63) is 37.5 Å². The number of nitrogens with zero attached hydrogens (tertiary/aromatic N) is 1. The van der Waals surface area contributed by atoms with Crippen LogP contribution in [0, 0.1) is 13.8 Å². The second-order valence-electron chi connectivity index (χ2n) is 6.35. The van der Waals surface area contributed by atoms with Crippen molar-refractivity contribution in [2.75, 3.05) is 0 Å². The zero-order valence-electron chi connectivity index (χ0n) is 13.2. The molecule has 2 rings (SSSR count). The number of aromatic nitrogens is 1. The normalized spacial score (nSPS) is 13.7. The molecule has 2 aromatic rings. The molecule has 2 nitrogen and oxygen atoms in total. The molecule has 0 aliphatic heterocycles. The predicted octanol–water partition coefficient (Wildman–Crippen LogP) is 4.97. The van der Waals surface area contributed by atoms with Crippen LogP contribution in [0.2, 0.25) is 0 Å². The first-order chi connectivity index (χ1) is 9.27. The third-order valence-corrected chi connectivity index (χ3v) is 5.26. The van der Waals surface area contributed by atoms with Gasteiger partial charge in [0, 0.05) is 33.1 Å². The van der Waals surface area contributed by atoms with Crippen LogP contribution in [0.4, 0.5) is 0 Å². The standard InChI is InChI=1S/C16H24N2S2/c1-10-7-13(12(3)20-10)11(2)17-8-15-18-14(9-19-15)16(4,5)6/h7,9,11,17H,8H2,1-6H3. The molecule has 1 unspecified atom stereocenters. The lowest BCUT2D eigenvalue weighted by Gasteiger charge is -2.15. The number of hydrogen-bond acceptors (Lipinski definition) is 4. The molecule has 0 aromatic carbocycles. The highest BCUT2D eigenvalue weighted by molar-refractivity contribution is 7.12. The van der Waals surface area contributed by atoms with Crippen LogP contribution in [0.3, 0.4) is 0 Å². The van der Waals surface area contributed by atoms with E-state index in [-0.39, 0.29) is 5.41 Å². The summed E-state index contributed by atoms with van der Waals surface area (Å²) in [7, 11) is 0. The number of thiazole rings is 1. The van der Waals surface area contributed by atoms with E-state index in [4.69, 9.17) is 4.98 Å². The molecular formula is C16H24N2S2. The first-order valence-corrected chi connectivity index (χ1v) is 8.72. The van der Waals surface area contributed by atoms with Crippen LogP contribution in [0.25, 0.3) is 0 Å². The van der Waals surface area contributed by atoms with Gasteiger partial charge >= 0.3 is 0 Å². The molecule has 0 fully saturated rings. The molecule has 2 aromatic heterocycles. The van der Waals surface area contributed by atoms with Crippen LogP contribution in [-0.2, 0) is 12.0 Å². The van der Waals surface area contributed by atoms with Gasteiger partial charge in [0.2, 0.25) is 0 Å². The Morgan fingerprint density at radius 2 is 2.00 bits per heavy atom. The minimum atomic E-state index is 0.140. The lowest BCUT2D eigenvalue weighted by Crippen LogP contribution is -2.18. The van der Waals surface area contributed by atoms with Gasteiger partial charge in [0.05, 0.1) is 5.69 Å². The fourth-order valence-corrected chi connectivity index (χ4v) is 4.16. The lowest BCUT2D eigenvalue weighted by molar-refractivity contribution is 0.554. The molecule has 0 aliphatic rings. The van der Waals surface area contributed by atoms with Crippen LogP contribution >= 0.6 is 22.7 Å². The molecule has 4 heteroatoms. The third kappa shape index (κ3) is 3.68. The van der Waals surface area contributed by atoms with E-state index in [0.717, 1.165) is 6.54 Å². The second kappa shape index (κ2) is 5.96. The predicted molar refractivity (Wildman–Crippen MR) is 89.9 cm³/mol. The Hall–Kier alpha value is -0.710. The summed E-state index contributed by atoms with van der Waals surface area (Å²) < 4.78 is 0. The molecule has 0 bridgehead atoms. The van der Waals surface area contributed by atoms with E-state index in [1.54, 1.807) is 11.3 Å². The number of nitrogens with one attached hydrogen (secondary N) is 1. The Labute approximate surface area is 130 Å². The molecule has 0 saturated carbocycles. The van der Waals surface area contributed by atoms with Crippen molar-refractivity contribution in [2.45, 2.75) is 59.5 Å². The van der Waals surface area contributed by atoms with Gasteiger partial charge in [0.15, 0.2) is 0 Å². The molecule has 0 amide bonds. The van der Waals surface area contributed by atoms with E-state index in [0.29, 0.717) is 6.04 Å². The molecular weight excluding hydrogens is 284 g/mol. The summed E-state index contributed by atoms with van der Waals surface area (Å²) in [6.07, 6.45) is 0. The summed E-state index contributed by atoms with van der Waals surface area (Å²) in [6.45, 7) is 14.1. The van der Waals surface area contributed by atoms with Gasteiger partial charge in [-0.2, -0.15) is 0 Å². The number of aryl methyl sites for hydroxylation is 2. The van der Waals surface area contributed by atoms with Crippen molar-refractivity contribution in [3.63, 3.8) is 0 Å². The highest BCUT2D eigenvalue weighted by Gasteiger charge is 2.18. The maximum absolute atomic E-state index is 4.73. The molecule has 20 heavy (non-hydrogen) atoms. The van der Waals surface area contributed by atoms with E-state index in [1.165, 1.54) is 26.0 Å². The summed E-state index contributed by atoms with van der Waals surface area (Å²) in [6, 6.07) is 2.67. The highest BCUT2D eigenvalue weighted by Crippen LogP contribution is 2.27. The summed E-state index contributed by atoms with van der Waals surface area (Å²) >= 11 is 3.63. The fraction of sp³-hybridized carbons (Fsp3) is 0.562. The highest BCUT2D eigenvalue weighted by atomic mass is 32.1. The number of hydrogen-bond donors (Lipinski definition) is 1. The van der Waals surface area contributed by atoms with Crippen molar-refractivity contribution >= 4 is 22.7 Å². The second-order valence-corrected chi connectivity index (χ2v) is 8.75. The van der Waals surface area contributed by atoms with Crippen LogP contribution in [0.5, 0.6) is 0 Å². The quantitative estimate of drug-likeness (QED) is 0.862. The monoisotopic (exact) mass is 308 g/mol. The molecule has 0 spiro atoms. The molecule has 1 atom stereocenters. The Bertz CT molecular complexity index is 576. The average Bonchev–Trinajstić information content (AvgIpc) is 2.92. The van der Waals surface area contributed by atoms with E-state index in [9.17, 15) is 0 Å². The zero-order chi connectivity index (χ0) is 14.9. The Morgan fingerprint density at radius 1 is 1.30 bits per heavy atom. The lowest BCUT2D eigenvalue weighted by atomic mass is 9.93. The fourth-order valence-electron chi connectivity index (χ4n) is 2.17. The van der Waals surface area contributed by atoms with Gasteiger partial charge in [-0.25, -0.2) is 4.98 Å². The third-order valence-electron chi connectivity index (χ3n) is 3.43. The van der Waals surface area contributed by atoms with Crippen molar-refractivity contribution < 1.29 is 0 Å². The Kier molecular flexibility index (Phi) is 4.67. The van der Waals surface area contributed by atoms with Gasteiger partial charge in [-0.15, -0.1) is 22.7 Å². The first kappa shape index (κ1) is 15.7. The van der Waals surface area contributed by atoms with Gasteiger partial charge in [-0.05, 0) is 32.4 Å². The van der Waals surface area contributed by atoms with E-state index in [1.807, 2.05) is 11.3 Å². The summed E-state index contributed by atoms with van der Waals surface area (Å²) in [5.41, 5.74) is 2.75. The largest absolute Gasteiger partial charge is 0.304 e. The summed E-state index contributed by atoms with van der Waals surface area (Å²) in [5.74, 6) is 0. The Morgan fingerprint density at radius 3 is 2.50 bits per heavy atom. The minimum absolute atomic E-state index is 0.140. The topological polar surface area (TPSA) is 24.9 Å². The van der Waals surface area contributed by atoms with Crippen molar-refractivity contribution in [3.8, 4) is 0 Å². The van der Waals surface area contributed by atoms with Crippen LogP contribution in [0.15, 0.2) is 11.4 Å². The smallest absolute Gasteiger partial charge is 0.107 e. The molecule has 2 heterocycles. The number of rotatable bonds is 4. The molecule has 110 valence electrons. The molecule has 0 saturated heterocycles. The van der Waals surface area contributed by atoms with Gasteiger partial charge in [-0.1, -0.05) is 20.8 Å². The van der Waals surface area contributed by atoms with Crippen molar-refractivity contribution in [1.82, 2.24) is 10.3 Å². The van der Waals surface area contributed by atoms with Gasteiger partial charge in [-0.3, -0.25) is 0 Å². The average molecular weight is 309 g/mol. The maximum atomic E-state index is 4.73. The summed E-state index contributed by atoms with van der Waals surface area (Å²) in [4.78, 5) is 7.53. The molecule has 0 aliphatic carbocycles. The van der Waals surface area contributed by atoms with Crippen LogP contribution < -0.4 is 5.32 Å². The van der Waals surface area contributed by atoms with Gasteiger partial charge < -0.3 is 5.32 Å². The molecule has 1 N–H and O–H groups in total. The van der Waals surface area contributed by atoms with E-state index >= 15 is 0 Å². The number of thiophene rings is 1. The van der Waals surface area contributed by atoms with Crippen molar-refractivity contribution in [1.29, 1.82) is 0 Å². The Balaban J connectivity index is 1.98. The van der Waals surface area contributed by atoms with E-state index < -0.39 is 0 Å². The van der Waals surface area contributed by atoms with Gasteiger partial charge in [0.1, 0.15) is 5.01 Å². The SMILES string of the molecule is Cc1cc(C(C)NCc2nc(C(C)(C)C)cs2)c(C)s1.